The van der Waals surface area contributed by atoms with Crippen molar-refractivity contribution >= 4 is 23.9 Å². The van der Waals surface area contributed by atoms with Crippen molar-refractivity contribution in [3.8, 4) is 0 Å². The number of hydrogen-bond acceptors (Lipinski definition) is 6. The molecule has 0 aromatic carbocycles. The van der Waals surface area contributed by atoms with Gasteiger partial charge in [0.1, 0.15) is 5.44 Å². The molecular weight excluding hydrogens is 280 g/mol. The van der Waals surface area contributed by atoms with Gasteiger partial charge >= 0.3 is 5.69 Å². The third-order valence-corrected chi connectivity index (χ3v) is 3.84. The maximum atomic E-state index is 11.9. The zero-order valence-corrected chi connectivity index (χ0v) is 12.3. The van der Waals surface area contributed by atoms with Gasteiger partial charge in [-0.3, -0.25) is 4.57 Å². The molecule has 2 atom stereocenters. The van der Waals surface area contributed by atoms with E-state index in [4.69, 9.17) is 9.84 Å². The normalized spacial score (nSPS) is 22.6. The molecule has 1 saturated heterocycles. The molecule has 0 radical (unpaired) electrons. The van der Waals surface area contributed by atoms with E-state index in [2.05, 4.69) is 9.98 Å². The predicted octanol–water partition coefficient (Wildman–Crippen LogP) is -0.0849. The predicted molar refractivity (Wildman–Crippen MR) is 78.5 cm³/mol. The van der Waals surface area contributed by atoms with Gasteiger partial charge in [0.25, 0.3) is 0 Å². The van der Waals surface area contributed by atoms with Crippen LogP contribution in [0.1, 0.15) is 0 Å². The van der Waals surface area contributed by atoms with Crippen molar-refractivity contribution in [3.63, 3.8) is 0 Å². The Kier molecular flexibility index (Phi) is 5.16. The average molecular weight is 298 g/mol. The monoisotopic (exact) mass is 298 g/mol. The Balaban J connectivity index is 2.01. The molecule has 0 unspecified atom stereocenters. The lowest BCUT2D eigenvalue weighted by Gasteiger charge is -2.12. The molecule has 1 aromatic rings. The average Bonchev–Trinajstić information content (AvgIpc) is 2.87. The summed E-state index contributed by atoms with van der Waals surface area (Å²) in [7, 11) is 3.69. The van der Waals surface area contributed by atoms with Crippen LogP contribution in [0.25, 0.3) is 0 Å². The quantitative estimate of drug-likeness (QED) is 0.605. The summed E-state index contributed by atoms with van der Waals surface area (Å²) in [6.07, 6.45) is 3.18. The fraction of sp³-hybridized carbons (Fsp3) is 0.583. The molecule has 0 saturated carbocycles. The number of rotatable bonds is 5. The van der Waals surface area contributed by atoms with Crippen LogP contribution in [0.5, 0.6) is 0 Å². The summed E-state index contributed by atoms with van der Waals surface area (Å²) >= 11 is 1.55. The van der Waals surface area contributed by atoms with E-state index >= 15 is 0 Å². The van der Waals surface area contributed by atoms with Crippen molar-refractivity contribution in [2.75, 3.05) is 26.5 Å². The lowest BCUT2D eigenvalue weighted by atomic mass is 10.4. The van der Waals surface area contributed by atoms with Crippen molar-refractivity contribution in [1.82, 2.24) is 14.5 Å². The van der Waals surface area contributed by atoms with Crippen LogP contribution in [0.15, 0.2) is 22.1 Å². The van der Waals surface area contributed by atoms with Crippen molar-refractivity contribution in [2.45, 2.75) is 18.1 Å². The fourth-order valence-electron chi connectivity index (χ4n) is 1.72. The van der Waals surface area contributed by atoms with E-state index < -0.39 is 0 Å². The Labute approximate surface area is 121 Å². The SMILES string of the molecule is CN(C)C=Nc1ccn(C[C@H]2CS[C@@H](CO)O2)c(=O)n1. The van der Waals surface area contributed by atoms with Gasteiger partial charge in [-0.05, 0) is 6.07 Å². The van der Waals surface area contributed by atoms with Gasteiger partial charge in [-0.2, -0.15) is 4.98 Å². The number of aliphatic imine (C=N–C) groups is 1. The number of ether oxygens (including phenoxy) is 1. The minimum atomic E-state index is -0.348. The highest BCUT2D eigenvalue weighted by Crippen LogP contribution is 2.25. The van der Waals surface area contributed by atoms with Crippen LogP contribution in [0.3, 0.4) is 0 Å². The first-order chi connectivity index (χ1) is 9.58. The number of thioether (sulfide) groups is 1. The Morgan fingerprint density at radius 1 is 1.70 bits per heavy atom. The smallest absolute Gasteiger partial charge is 0.349 e. The summed E-state index contributed by atoms with van der Waals surface area (Å²) < 4.78 is 7.07. The molecular formula is C12H18N4O3S. The van der Waals surface area contributed by atoms with Crippen LogP contribution in [-0.2, 0) is 11.3 Å². The Hall–Kier alpha value is -1.38. The standard InChI is InChI=1S/C12H18N4O3S/c1-15(2)8-13-10-3-4-16(12(18)14-10)5-9-7-20-11(6-17)19-9/h3-4,8-9,11,17H,5-7H2,1-2H3/t9-,11-/m0/s1. The number of hydrogen-bond donors (Lipinski definition) is 1. The van der Waals surface area contributed by atoms with Gasteiger partial charge in [-0.25, -0.2) is 9.79 Å². The summed E-state index contributed by atoms with van der Waals surface area (Å²) in [5, 5.41) is 9.00. The van der Waals surface area contributed by atoms with Crippen LogP contribution in [0.4, 0.5) is 5.82 Å². The molecule has 1 N–H and O–H groups in total. The van der Waals surface area contributed by atoms with Crippen molar-refractivity contribution in [1.29, 1.82) is 0 Å². The van der Waals surface area contributed by atoms with Gasteiger partial charge in [0.2, 0.25) is 0 Å². The van der Waals surface area contributed by atoms with Gasteiger partial charge in [0.05, 0.1) is 25.6 Å². The molecule has 2 heterocycles. The Bertz CT molecular complexity index is 532. The molecule has 0 spiro atoms. The highest BCUT2D eigenvalue weighted by molar-refractivity contribution is 8.00. The summed E-state index contributed by atoms with van der Waals surface area (Å²) in [5.74, 6) is 1.15. The molecule has 0 aliphatic carbocycles. The summed E-state index contributed by atoms with van der Waals surface area (Å²) in [6, 6.07) is 1.69. The van der Waals surface area contributed by atoms with E-state index in [9.17, 15) is 4.79 Å². The van der Waals surface area contributed by atoms with Crippen LogP contribution in [0, 0.1) is 0 Å². The second-order valence-corrected chi connectivity index (χ2v) is 5.82. The van der Waals surface area contributed by atoms with Gasteiger partial charge in [-0.1, -0.05) is 0 Å². The first-order valence-electron chi connectivity index (χ1n) is 6.24. The van der Waals surface area contributed by atoms with Crippen molar-refractivity contribution in [2.24, 2.45) is 4.99 Å². The van der Waals surface area contributed by atoms with Gasteiger partial charge in [-0.15, -0.1) is 11.8 Å². The molecule has 1 fully saturated rings. The van der Waals surface area contributed by atoms with E-state index in [0.717, 1.165) is 5.75 Å². The highest BCUT2D eigenvalue weighted by Gasteiger charge is 2.25. The van der Waals surface area contributed by atoms with Gasteiger partial charge in [0, 0.05) is 26.0 Å². The van der Waals surface area contributed by atoms with E-state index in [1.54, 1.807) is 35.3 Å². The van der Waals surface area contributed by atoms with Gasteiger partial charge in [0.15, 0.2) is 5.82 Å². The number of aliphatic hydroxyl groups is 1. The van der Waals surface area contributed by atoms with E-state index in [1.165, 1.54) is 4.57 Å². The molecule has 110 valence electrons. The Morgan fingerprint density at radius 3 is 3.10 bits per heavy atom. The number of nitrogens with zero attached hydrogens (tertiary/aromatic N) is 4. The third kappa shape index (κ3) is 4.06. The van der Waals surface area contributed by atoms with E-state index in [0.29, 0.717) is 12.4 Å². The molecule has 7 nitrogen and oxygen atoms in total. The lowest BCUT2D eigenvalue weighted by Crippen LogP contribution is -2.29. The maximum Gasteiger partial charge on any atom is 0.349 e. The Morgan fingerprint density at radius 2 is 2.50 bits per heavy atom. The molecule has 1 aliphatic heterocycles. The summed E-state index contributed by atoms with van der Waals surface area (Å²) in [5.41, 5.74) is -0.535. The molecule has 1 aromatic heterocycles. The lowest BCUT2D eigenvalue weighted by molar-refractivity contribution is 0.0261. The largest absolute Gasteiger partial charge is 0.393 e. The first-order valence-corrected chi connectivity index (χ1v) is 7.29. The molecule has 2 rings (SSSR count). The molecule has 1 aliphatic rings. The maximum absolute atomic E-state index is 11.9. The summed E-state index contributed by atoms with van der Waals surface area (Å²) in [6.45, 7) is 0.430. The summed E-state index contributed by atoms with van der Waals surface area (Å²) in [4.78, 5) is 21.6. The zero-order chi connectivity index (χ0) is 14.5. The number of aliphatic hydroxyl groups excluding tert-OH is 1. The van der Waals surface area contributed by atoms with Crippen molar-refractivity contribution in [3.05, 3.63) is 22.7 Å². The fourth-order valence-corrected chi connectivity index (χ4v) is 2.68. The van der Waals surface area contributed by atoms with Crippen molar-refractivity contribution < 1.29 is 9.84 Å². The van der Waals surface area contributed by atoms with Crippen LogP contribution in [-0.4, -0.2) is 63.9 Å². The molecule has 0 amide bonds. The first kappa shape index (κ1) is 15.0. The number of aromatic nitrogens is 2. The van der Waals surface area contributed by atoms with Crippen LogP contribution < -0.4 is 5.69 Å². The third-order valence-electron chi connectivity index (χ3n) is 2.64. The van der Waals surface area contributed by atoms with E-state index in [-0.39, 0.29) is 23.8 Å². The van der Waals surface area contributed by atoms with Crippen LogP contribution >= 0.6 is 11.8 Å². The topological polar surface area (TPSA) is 80.0 Å². The molecule has 0 bridgehead atoms. The molecule has 20 heavy (non-hydrogen) atoms. The van der Waals surface area contributed by atoms with Gasteiger partial charge < -0.3 is 14.7 Å². The minimum Gasteiger partial charge on any atom is -0.393 e. The molecule has 8 heteroatoms. The second-order valence-electron chi connectivity index (χ2n) is 4.63. The van der Waals surface area contributed by atoms with Crippen LogP contribution in [0.2, 0.25) is 0 Å². The highest BCUT2D eigenvalue weighted by atomic mass is 32.2. The minimum absolute atomic E-state index is 0.00744. The second kappa shape index (κ2) is 6.87. The zero-order valence-electron chi connectivity index (χ0n) is 11.5. The van der Waals surface area contributed by atoms with E-state index in [1.807, 2.05) is 14.1 Å².